The van der Waals surface area contributed by atoms with Gasteiger partial charge in [0.05, 0.1) is 18.4 Å². The Balaban J connectivity index is 2.61. The Morgan fingerprint density at radius 1 is 1.21 bits per heavy atom. The largest absolute Gasteiger partial charge is 0.455 e. The summed E-state index contributed by atoms with van der Waals surface area (Å²) in [7, 11) is 0. The second-order valence-electron chi connectivity index (χ2n) is 7.94. The van der Waals surface area contributed by atoms with Crippen molar-refractivity contribution in [3.63, 3.8) is 0 Å². The van der Waals surface area contributed by atoms with Gasteiger partial charge in [0, 0.05) is 6.20 Å². The van der Waals surface area contributed by atoms with E-state index in [1.165, 1.54) is 12.3 Å². The smallest absolute Gasteiger partial charge is 0.352 e. The number of aliphatic hydroxyl groups is 1. The minimum absolute atomic E-state index is 0.0802. The SMILES string of the molecule is CCC(CC)C(=O)OC1C(CO)OC(C#N)(n2ccc(N)nc2=O)C1OC(=O)C(CC)CC. The molecule has 2 rings (SSSR count). The fourth-order valence-electron chi connectivity index (χ4n) is 3.91. The predicted molar refractivity (Wildman–Crippen MR) is 116 cm³/mol. The maximum Gasteiger partial charge on any atom is 0.352 e. The third-order valence-corrected chi connectivity index (χ3v) is 6.04. The number of carbonyl (C=O) groups is 2. The van der Waals surface area contributed by atoms with E-state index in [-0.39, 0.29) is 5.82 Å². The average molecular weight is 465 g/mol. The quantitative estimate of drug-likeness (QED) is 0.478. The molecular weight excluding hydrogens is 432 g/mol. The number of nitrogen functional groups attached to an aromatic ring is 1. The second kappa shape index (κ2) is 11.2. The Morgan fingerprint density at radius 2 is 1.76 bits per heavy atom. The van der Waals surface area contributed by atoms with Gasteiger partial charge in [0.1, 0.15) is 18.0 Å². The first-order valence-electron chi connectivity index (χ1n) is 11.2. The van der Waals surface area contributed by atoms with Crippen molar-refractivity contribution in [1.29, 1.82) is 5.26 Å². The molecule has 0 saturated carbocycles. The predicted octanol–water partition coefficient (Wildman–Crippen LogP) is 1.09. The van der Waals surface area contributed by atoms with Crippen LogP contribution in [0.5, 0.6) is 0 Å². The van der Waals surface area contributed by atoms with Crippen molar-refractivity contribution in [2.75, 3.05) is 12.3 Å². The van der Waals surface area contributed by atoms with E-state index in [0.29, 0.717) is 25.7 Å². The van der Waals surface area contributed by atoms with Crippen LogP contribution in [-0.2, 0) is 29.5 Å². The van der Waals surface area contributed by atoms with E-state index in [4.69, 9.17) is 19.9 Å². The number of anilines is 1. The van der Waals surface area contributed by atoms with Crippen molar-refractivity contribution in [3.8, 4) is 6.07 Å². The van der Waals surface area contributed by atoms with Crippen molar-refractivity contribution >= 4 is 17.8 Å². The molecule has 0 amide bonds. The molecular formula is C22H32N4O7. The number of esters is 2. The highest BCUT2D eigenvalue weighted by molar-refractivity contribution is 5.74. The highest BCUT2D eigenvalue weighted by atomic mass is 16.7. The van der Waals surface area contributed by atoms with Crippen molar-refractivity contribution in [2.45, 2.75) is 77.4 Å². The Bertz CT molecular complexity index is 935. The fraction of sp³-hybridized carbons (Fsp3) is 0.682. The molecule has 182 valence electrons. The van der Waals surface area contributed by atoms with Gasteiger partial charge in [0.25, 0.3) is 5.72 Å². The van der Waals surface area contributed by atoms with Crippen LogP contribution in [0.3, 0.4) is 0 Å². The Labute approximate surface area is 192 Å². The third kappa shape index (κ3) is 5.17. The lowest BCUT2D eigenvalue weighted by Gasteiger charge is -2.31. The van der Waals surface area contributed by atoms with Gasteiger partial charge < -0.3 is 25.1 Å². The molecule has 0 aromatic carbocycles. The fourth-order valence-corrected chi connectivity index (χ4v) is 3.91. The molecule has 3 N–H and O–H groups in total. The summed E-state index contributed by atoms with van der Waals surface area (Å²) in [6.45, 7) is 6.63. The van der Waals surface area contributed by atoms with Gasteiger partial charge >= 0.3 is 17.6 Å². The van der Waals surface area contributed by atoms with Gasteiger partial charge in [0.2, 0.25) is 6.10 Å². The maximum absolute atomic E-state index is 12.9. The van der Waals surface area contributed by atoms with Gasteiger partial charge in [-0.15, -0.1) is 0 Å². The molecule has 0 spiro atoms. The van der Waals surface area contributed by atoms with E-state index in [0.717, 1.165) is 4.57 Å². The van der Waals surface area contributed by atoms with Crippen molar-refractivity contribution in [1.82, 2.24) is 9.55 Å². The van der Waals surface area contributed by atoms with Crippen LogP contribution in [0.15, 0.2) is 17.1 Å². The highest BCUT2D eigenvalue weighted by Gasteiger charge is 2.62. The average Bonchev–Trinajstić information content (AvgIpc) is 3.08. The van der Waals surface area contributed by atoms with Gasteiger partial charge in [-0.05, 0) is 31.7 Å². The van der Waals surface area contributed by atoms with Gasteiger partial charge in [0.15, 0.2) is 6.10 Å². The zero-order valence-electron chi connectivity index (χ0n) is 19.4. The van der Waals surface area contributed by atoms with Gasteiger partial charge in [-0.3, -0.25) is 14.2 Å². The molecule has 11 heteroatoms. The van der Waals surface area contributed by atoms with Crippen LogP contribution in [0.25, 0.3) is 0 Å². The van der Waals surface area contributed by atoms with Gasteiger partial charge in [-0.25, -0.2) is 4.79 Å². The van der Waals surface area contributed by atoms with Crippen molar-refractivity contribution in [2.24, 2.45) is 11.8 Å². The molecule has 1 aromatic rings. The summed E-state index contributed by atoms with van der Waals surface area (Å²) in [5.74, 6) is -2.20. The number of nitriles is 1. The van der Waals surface area contributed by atoms with E-state index in [2.05, 4.69) is 4.98 Å². The van der Waals surface area contributed by atoms with Crippen LogP contribution in [0.4, 0.5) is 5.82 Å². The lowest BCUT2D eigenvalue weighted by molar-refractivity contribution is -0.178. The number of rotatable bonds is 10. The minimum Gasteiger partial charge on any atom is -0.455 e. The summed E-state index contributed by atoms with van der Waals surface area (Å²) < 4.78 is 18.0. The van der Waals surface area contributed by atoms with Crippen LogP contribution in [-0.4, -0.2) is 51.5 Å². The molecule has 1 aliphatic rings. The first-order chi connectivity index (χ1) is 15.7. The number of hydrogen-bond acceptors (Lipinski definition) is 10. The summed E-state index contributed by atoms with van der Waals surface area (Å²) in [6, 6.07) is 3.17. The van der Waals surface area contributed by atoms with Crippen molar-refractivity contribution in [3.05, 3.63) is 22.7 Å². The molecule has 1 aliphatic heterocycles. The molecule has 11 nitrogen and oxygen atoms in total. The molecule has 4 atom stereocenters. The van der Waals surface area contributed by atoms with Crippen LogP contribution in [0.1, 0.15) is 53.4 Å². The Kier molecular flexibility index (Phi) is 8.96. The minimum atomic E-state index is -2.23. The monoisotopic (exact) mass is 464 g/mol. The first-order valence-corrected chi connectivity index (χ1v) is 11.2. The number of aliphatic hydroxyl groups excluding tert-OH is 1. The number of aromatic nitrogens is 2. The summed E-state index contributed by atoms with van der Waals surface area (Å²) in [6.07, 6.45) is -0.927. The summed E-state index contributed by atoms with van der Waals surface area (Å²) >= 11 is 0. The Hall–Kier alpha value is -2.97. The van der Waals surface area contributed by atoms with Crippen molar-refractivity contribution < 1.29 is 28.9 Å². The molecule has 0 bridgehead atoms. The van der Waals surface area contributed by atoms with Crippen LogP contribution in [0.2, 0.25) is 0 Å². The van der Waals surface area contributed by atoms with Crippen LogP contribution < -0.4 is 11.4 Å². The number of nitrogens with two attached hydrogens (primary N) is 1. The standard InChI is InChI=1S/C22H32N4O7/c1-5-13(6-2)19(28)31-17-15(11-27)33-22(12-23,26-10-9-16(24)25-21(26)30)18(17)32-20(29)14(7-3)8-4/h9-10,13-15,17-18,27H,5-8,11H2,1-4H3,(H2,24,25,30). The summed E-state index contributed by atoms with van der Waals surface area (Å²) in [5, 5.41) is 20.1. The number of ether oxygens (including phenoxy) is 3. The third-order valence-electron chi connectivity index (χ3n) is 6.04. The Morgan fingerprint density at radius 3 is 2.21 bits per heavy atom. The molecule has 2 heterocycles. The highest BCUT2D eigenvalue weighted by Crippen LogP contribution is 2.39. The lowest BCUT2D eigenvalue weighted by atomic mass is 10.00. The number of hydrogen-bond donors (Lipinski definition) is 2. The molecule has 1 aromatic heterocycles. The van der Waals surface area contributed by atoms with Crippen LogP contribution in [0, 0.1) is 23.2 Å². The zero-order valence-corrected chi connectivity index (χ0v) is 19.4. The first kappa shape index (κ1) is 26.3. The summed E-state index contributed by atoms with van der Waals surface area (Å²) in [5.41, 5.74) is 2.41. The molecule has 33 heavy (non-hydrogen) atoms. The molecule has 0 radical (unpaired) electrons. The lowest BCUT2D eigenvalue weighted by Crippen LogP contribution is -2.52. The van der Waals surface area contributed by atoms with E-state index in [9.17, 15) is 24.8 Å². The molecule has 0 aliphatic carbocycles. The van der Waals surface area contributed by atoms with Gasteiger partial charge in [-0.1, -0.05) is 27.7 Å². The van der Waals surface area contributed by atoms with E-state index in [1.807, 2.05) is 33.8 Å². The van der Waals surface area contributed by atoms with E-state index < -0.39 is 60.1 Å². The maximum atomic E-state index is 12.9. The van der Waals surface area contributed by atoms with E-state index in [1.54, 1.807) is 0 Å². The summed E-state index contributed by atoms with van der Waals surface area (Å²) in [4.78, 5) is 41.9. The number of carbonyl (C=O) groups excluding carboxylic acids is 2. The topological polar surface area (TPSA) is 167 Å². The van der Waals surface area contributed by atoms with E-state index >= 15 is 0 Å². The second-order valence-corrected chi connectivity index (χ2v) is 7.94. The molecule has 4 unspecified atom stereocenters. The normalized spacial score (nSPS) is 24.6. The molecule has 1 saturated heterocycles. The van der Waals surface area contributed by atoms with Gasteiger partial charge in [-0.2, -0.15) is 10.2 Å². The van der Waals surface area contributed by atoms with Crippen LogP contribution >= 0.6 is 0 Å². The number of nitrogens with zero attached hydrogens (tertiary/aromatic N) is 3. The zero-order chi connectivity index (χ0) is 24.8. The molecule has 1 fully saturated rings.